The molecule has 1 unspecified atom stereocenters. The van der Waals surface area contributed by atoms with Gasteiger partial charge in [-0.25, -0.2) is 0 Å². The van der Waals surface area contributed by atoms with Crippen molar-refractivity contribution in [3.05, 3.63) is 36.5 Å². The van der Waals surface area contributed by atoms with Gasteiger partial charge in [-0.05, 0) is 77.0 Å². The Kier molecular flexibility index (Phi) is 63.1. The van der Waals surface area contributed by atoms with Gasteiger partial charge >= 0.3 is 17.9 Å². The molecule has 0 heterocycles. The maximum Gasteiger partial charge on any atom is 0.306 e. The van der Waals surface area contributed by atoms with Crippen molar-refractivity contribution in [2.75, 3.05) is 13.2 Å². The molecule has 0 spiro atoms. The number of rotatable bonds is 63. The van der Waals surface area contributed by atoms with Crippen molar-refractivity contribution >= 4 is 17.9 Å². The molecule has 0 aliphatic carbocycles. The third-order valence-corrected chi connectivity index (χ3v) is 15.4. The Morgan fingerprint density at radius 1 is 0.263 bits per heavy atom. The van der Waals surface area contributed by atoms with E-state index in [1.165, 1.54) is 244 Å². The summed E-state index contributed by atoms with van der Waals surface area (Å²) in [6, 6.07) is 0. The minimum absolute atomic E-state index is 0.0765. The molecule has 0 aliphatic rings. The lowest BCUT2D eigenvalue weighted by molar-refractivity contribution is -0.167. The summed E-state index contributed by atoms with van der Waals surface area (Å²) >= 11 is 0. The number of unbranched alkanes of at least 4 members (excludes halogenated alkanes) is 46. The van der Waals surface area contributed by atoms with Gasteiger partial charge in [0.1, 0.15) is 13.2 Å². The Balaban J connectivity index is 4.17. The van der Waals surface area contributed by atoms with Crippen LogP contribution in [0.2, 0.25) is 0 Å². The molecule has 76 heavy (non-hydrogen) atoms. The van der Waals surface area contributed by atoms with E-state index in [-0.39, 0.29) is 31.1 Å². The molecule has 0 fully saturated rings. The van der Waals surface area contributed by atoms with Crippen LogP contribution in [0.4, 0.5) is 0 Å². The number of carbonyl (C=O) groups is 3. The fraction of sp³-hybridized carbons (Fsp3) is 0.871. The Morgan fingerprint density at radius 3 is 0.763 bits per heavy atom. The first-order valence-electron chi connectivity index (χ1n) is 34.0. The van der Waals surface area contributed by atoms with Crippen molar-refractivity contribution in [3.63, 3.8) is 0 Å². The molecule has 0 aromatic rings. The average Bonchev–Trinajstić information content (AvgIpc) is 3.42. The van der Waals surface area contributed by atoms with Gasteiger partial charge in [0, 0.05) is 19.3 Å². The third kappa shape index (κ3) is 62.5. The molecule has 0 saturated carbocycles. The second-order valence-corrected chi connectivity index (χ2v) is 23.1. The van der Waals surface area contributed by atoms with E-state index in [1.54, 1.807) is 0 Å². The summed E-state index contributed by atoms with van der Waals surface area (Å²) < 4.78 is 16.9. The first kappa shape index (κ1) is 73.6. The molecular weight excluding hydrogens is 937 g/mol. The number of ether oxygens (including phenoxy) is 3. The Labute approximate surface area is 474 Å². The number of hydrogen-bond donors (Lipinski definition) is 0. The Morgan fingerprint density at radius 2 is 0.474 bits per heavy atom. The Hall–Kier alpha value is -2.37. The fourth-order valence-corrected chi connectivity index (χ4v) is 10.2. The molecule has 6 heteroatoms. The quantitative estimate of drug-likeness (QED) is 0.0261. The van der Waals surface area contributed by atoms with Crippen molar-refractivity contribution in [2.24, 2.45) is 0 Å². The highest BCUT2D eigenvalue weighted by atomic mass is 16.6. The summed E-state index contributed by atoms with van der Waals surface area (Å²) in [4.78, 5) is 38.3. The van der Waals surface area contributed by atoms with Crippen molar-refractivity contribution in [3.8, 4) is 0 Å². The summed E-state index contributed by atoms with van der Waals surface area (Å²) in [6.45, 7) is 6.65. The number of esters is 3. The molecule has 6 nitrogen and oxygen atoms in total. The first-order valence-corrected chi connectivity index (χ1v) is 34.0. The molecule has 0 amide bonds. The fourth-order valence-electron chi connectivity index (χ4n) is 10.2. The molecule has 0 radical (unpaired) electrons. The van der Waals surface area contributed by atoms with Gasteiger partial charge in [0.25, 0.3) is 0 Å². The monoisotopic (exact) mass is 1070 g/mol. The van der Waals surface area contributed by atoms with Gasteiger partial charge in [-0.3, -0.25) is 14.4 Å². The van der Waals surface area contributed by atoms with Gasteiger partial charge in [-0.15, -0.1) is 0 Å². The second kappa shape index (κ2) is 65.2. The topological polar surface area (TPSA) is 78.9 Å². The van der Waals surface area contributed by atoms with Gasteiger partial charge in [0.15, 0.2) is 6.10 Å². The summed E-state index contributed by atoms with van der Waals surface area (Å²) in [5, 5.41) is 0. The average molecular weight is 1070 g/mol. The largest absolute Gasteiger partial charge is 0.462 e. The minimum Gasteiger partial charge on any atom is -0.462 e. The molecule has 0 aromatic heterocycles. The van der Waals surface area contributed by atoms with Crippen molar-refractivity contribution in [1.82, 2.24) is 0 Å². The van der Waals surface area contributed by atoms with Crippen LogP contribution in [-0.4, -0.2) is 37.2 Å². The van der Waals surface area contributed by atoms with E-state index in [0.717, 1.165) is 89.9 Å². The van der Waals surface area contributed by atoms with Crippen molar-refractivity contribution in [2.45, 2.75) is 380 Å². The van der Waals surface area contributed by atoms with Crippen LogP contribution in [0.15, 0.2) is 36.5 Å². The number of allylic oxidation sites excluding steroid dienone is 6. The van der Waals surface area contributed by atoms with Crippen LogP contribution < -0.4 is 0 Å². The van der Waals surface area contributed by atoms with E-state index in [9.17, 15) is 14.4 Å². The predicted octanol–water partition coefficient (Wildman–Crippen LogP) is 23.2. The van der Waals surface area contributed by atoms with E-state index in [0.29, 0.717) is 19.3 Å². The zero-order valence-corrected chi connectivity index (χ0v) is 51.3. The van der Waals surface area contributed by atoms with E-state index in [1.807, 2.05) is 0 Å². The van der Waals surface area contributed by atoms with Crippen molar-refractivity contribution < 1.29 is 28.6 Å². The van der Waals surface area contributed by atoms with Gasteiger partial charge in [-0.2, -0.15) is 0 Å². The third-order valence-electron chi connectivity index (χ3n) is 15.4. The van der Waals surface area contributed by atoms with E-state index >= 15 is 0 Å². The molecule has 0 aromatic carbocycles. The summed E-state index contributed by atoms with van der Waals surface area (Å²) in [5.41, 5.74) is 0. The highest BCUT2D eigenvalue weighted by Gasteiger charge is 2.19. The van der Waals surface area contributed by atoms with Crippen LogP contribution in [0.25, 0.3) is 0 Å². The molecule has 0 aliphatic heterocycles. The summed E-state index contributed by atoms with van der Waals surface area (Å²) in [5.74, 6) is -0.876. The standard InChI is InChI=1S/C70H130O6/c1-4-7-10-13-16-19-22-25-28-29-30-31-32-33-34-35-36-37-38-39-40-41-43-45-48-51-54-57-60-63-69(72)75-66-67(65-74-68(71)62-59-56-53-50-47-44-27-24-21-18-15-12-9-6-3)76-70(73)64-61-58-55-52-49-46-42-26-23-20-17-14-11-8-5-2/h17,20,24,26-27,42,67H,4-16,18-19,21-23,25,28-41,43-66H2,1-3H3/b20-17-,27-24-,42-26-. The lowest BCUT2D eigenvalue weighted by Crippen LogP contribution is -2.30. The minimum atomic E-state index is -0.781. The van der Waals surface area contributed by atoms with Crippen LogP contribution >= 0.6 is 0 Å². The molecular formula is C70H130O6. The normalized spacial score (nSPS) is 12.2. The van der Waals surface area contributed by atoms with Gasteiger partial charge in [-0.1, -0.05) is 314 Å². The van der Waals surface area contributed by atoms with E-state index in [2.05, 4.69) is 57.2 Å². The molecule has 0 N–H and O–H groups in total. The van der Waals surface area contributed by atoms with E-state index in [4.69, 9.17) is 14.2 Å². The molecule has 1 atom stereocenters. The van der Waals surface area contributed by atoms with Crippen LogP contribution in [0.1, 0.15) is 374 Å². The van der Waals surface area contributed by atoms with Crippen molar-refractivity contribution in [1.29, 1.82) is 0 Å². The van der Waals surface area contributed by atoms with Gasteiger partial charge in [0.2, 0.25) is 0 Å². The van der Waals surface area contributed by atoms with Crippen LogP contribution in [0.3, 0.4) is 0 Å². The van der Waals surface area contributed by atoms with Gasteiger partial charge in [0.05, 0.1) is 0 Å². The molecule has 0 rings (SSSR count). The highest BCUT2D eigenvalue weighted by Crippen LogP contribution is 2.18. The zero-order valence-electron chi connectivity index (χ0n) is 51.3. The highest BCUT2D eigenvalue weighted by molar-refractivity contribution is 5.71. The maximum atomic E-state index is 12.9. The lowest BCUT2D eigenvalue weighted by Gasteiger charge is -2.18. The SMILES string of the molecule is CCCCC/C=C\C/C=C\CCCCCCCC(=O)OC(COC(=O)CCCCCCC/C=C\CCCCCCC)COC(=O)CCCCCCCCCCCCCCCCCCCCCCCCCCCCCCC. The zero-order chi connectivity index (χ0) is 55.0. The molecule has 0 saturated heterocycles. The lowest BCUT2D eigenvalue weighted by atomic mass is 10.0. The van der Waals surface area contributed by atoms with Crippen LogP contribution in [-0.2, 0) is 28.6 Å². The summed E-state index contributed by atoms with van der Waals surface area (Å²) in [7, 11) is 0. The number of hydrogen-bond acceptors (Lipinski definition) is 6. The Bertz CT molecular complexity index is 1270. The van der Waals surface area contributed by atoms with Crippen LogP contribution in [0.5, 0.6) is 0 Å². The number of carbonyl (C=O) groups excluding carboxylic acids is 3. The predicted molar refractivity (Wildman–Crippen MR) is 330 cm³/mol. The molecule has 0 bridgehead atoms. The first-order chi connectivity index (χ1) is 37.5. The van der Waals surface area contributed by atoms with E-state index < -0.39 is 6.10 Å². The smallest absolute Gasteiger partial charge is 0.306 e. The maximum absolute atomic E-state index is 12.9. The summed E-state index contributed by atoms with van der Waals surface area (Å²) in [6.07, 6.45) is 80.3. The van der Waals surface area contributed by atoms with Gasteiger partial charge < -0.3 is 14.2 Å². The second-order valence-electron chi connectivity index (χ2n) is 23.1. The van der Waals surface area contributed by atoms with Crippen LogP contribution in [0, 0.1) is 0 Å². The molecule has 446 valence electrons.